The third kappa shape index (κ3) is 4.65. The second-order valence-corrected chi connectivity index (χ2v) is 4.99. The second kappa shape index (κ2) is 6.11. The van der Waals surface area contributed by atoms with Gasteiger partial charge < -0.3 is 11.1 Å². The van der Waals surface area contributed by atoms with Crippen molar-refractivity contribution in [3.05, 3.63) is 0 Å². The van der Waals surface area contributed by atoms with Crippen molar-refractivity contribution in [2.24, 2.45) is 17.6 Å². The lowest BCUT2D eigenvalue weighted by atomic mass is 9.81. The van der Waals surface area contributed by atoms with Gasteiger partial charge in [-0.3, -0.25) is 4.79 Å². The van der Waals surface area contributed by atoms with Gasteiger partial charge in [0.15, 0.2) is 0 Å². The molecule has 1 rings (SSSR count). The third-order valence-corrected chi connectivity index (χ3v) is 3.40. The molecule has 3 heteroatoms. The van der Waals surface area contributed by atoms with E-state index in [1.165, 1.54) is 25.7 Å². The van der Waals surface area contributed by atoms with Crippen LogP contribution in [0.4, 0.5) is 0 Å². The Morgan fingerprint density at radius 1 is 1.40 bits per heavy atom. The van der Waals surface area contributed by atoms with E-state index in [0.717, 1.165) is 24.8 Å². The lowest BCUT2D eigenvalue weighted by Gasteiger charge is -2.26. The van der Waals surface area contributed by atoms with Crippen LogP contribution in [-0.2, 0) is 4.79 Å². The van der Waals surface area contributed by atoms with E-state index in [-0.39, 0.29) is 11.9 Å². The van der Waals surface area contributed by atoms with Crippen LogP contribution in [0.2, 0.25) is 0 Å². The Labute approximate surface area is 92.8 Å². The van der Waals surface area contributed by atoms with Crippen LogP contribution in [0.25, 0.3) is 0 Å². The van der Waals surface area contributed by atoms with E-state index in [0.29, 0.717) is 0 Å². The second-order valence-electron chi connectivity index (χ2n) is 4.99. The molecule has 1 aliphatic rings. The van der Waals surface area contributed by atoms with E-state index in [2.05, 4.69) is 12.2 Å². The van der Waals surface area contributed by atoms with E-state index < -0.39 is 0 Å². The Morgan fingerprint density at radius 3 is 2.53 bits per heavy atom. The van der Waals surface area contributed by atoms with Crippen LogP contribution in [0.5, 0.6) is 0 Å². The quantitative estimate of drug-likeness (QED) is 0.744. The highest BCUT2D eigenvalue weighted by Gasteiger charge is 2.18. The lowest BCUT2D eigenvalue weighted by molar-refractivity contribution is -0.122. The SMILES string of the molecule is CC1CCC(CCNC(=O)[C@H](C)N)CC1. The number of carbonyl (C=O) groups excluding carboxylic acids is 1. The fourth-order valence-corrected chi connectivity index (χ4v) is 2.18. The van der Waals surface area contributed by atoms with Crippen molar-refractivity contribution >= 4 is 5.91 Å². The van der Waals surface area contributed by atoms with Gasteiger partial charge in [0.05, 0.1) is 6.04 Å². The molecular weight excluding hydrogens is 188 g/mol. The first kappa shape index (κ1) is 12.5. The number of hydrogen-bond donors (Lipinski definition) is 2. The summed E-state index contributed by atoms with van der Waals surface area (Å²) in [5.41, 5.74) is 5.46. The molecule has 0 aromatic heterocycles. The molecule has 3 N–H and O–H groups in total. The normalized spacial score (nSPS) is 28.5. The Bertz CT molecular complexity index is 196. The van der Waals surface area contributed by atoms with Gasteiger partial charge in [0.1, 0.15) is 0 Å². The molecule has 0 unspecified atom stereocenters. The average molecular weight is 212 g/mol. The maximum atomic E-state index is 11.2. The van der Waals surface area contributed by atoms with E-state index >= 15 is 0 Å². The average Bonchev–Trinajstić information content (AvgIpc) is 2.20. The van der Waals surface area contributed by atoms with Crippen molar-refractivity contribution < 1.29 is 4.79 Å². The Kier molecular flexibility index (Phi) is 5.09. The standard InChI is InChI=1S/C12H24N2O/c1-9-3-5-11(6-4-9)7-8-14-12(15)10(2)13/h9-11H,3-8,13H2,1-2H3,(H,14,15)/t9?,10-,11?/m0/s1. The minimum Gasteiger partial charge on any atom is -0.355 e. The van der Waals surface area contributed by atoms with Gasteiger partial charge in [-0.25, -0.2) is 0 Å². The number of rotatable bonds is 4. The summed E-state index contributed by atoms with van der Waals surface area (Å²) in [5, 5.41) is 2.88. The predicted octanol–water partition coefficient (Wildman–Crippen LogP) is 1.67. The molecular formula is C12H24N2O. The number of nitrogens with one attached hydrogen (secondary N) is 1. The molecule has 0 aromatic carbocycles. The van der Waals surface area contributed by atoms with Gasteiger partial charge in [0, 0.05) is 6.54 Å². The summed E-state index contributed by atoms with van der Waals surface area (Å²) in [6.45, 7) is 4.84. The van der Waals surface area contributed by atoms with E-state index in [4.69, 9.17) is 5.73 Å². The molecule has 88 valence electrons. The Morgan fingerprint density at radius 2 is 2.00 bits per heavy atom. The molecule has 3 nitrogen and oxygen atoms in total. The van der Waals surface area contributed by atoms with Crippen LogP contribution < -0.4 is 11.1 Å². The summed E-state index contributed by atoms with van der Waals surface area (Å²) in [5.74, 6) is 1.69. The number of nitrogens with two attached hydrogens (primary N) is 1. The molecule has 15 heavy (non-hydrogen) atoms. The van der Waals surface area contributed by atoms with Gasteiger partial charge in [-0.1, -0.05) is 32.6 Å². The van der Waals surface area contributed by atoms with E-state index in [9.17, 15) is 4.79 Å². The monoisotopic (exact) mass is 212 g/mol. The molecule has 0 bridgehead atoms. The summed E-state index contributed by atoms with van der Waals surface area (Å²) in [4.78, 5) is 11.2. The molecule has 1 fully saturated rings. The largest absolute Gasteiger partial charge is 0.355 e. The van der Waals surface area contributed by atoms with Crippen LogP contribution in [0.1, 0.15) is 46.0 Å². The lowest BCUT2D eigenvalue weighted by Crippen LogP contribution is -2.39. The molecule has 1 saturated carbocycles. The summed E-state index contributed by atoms with van der Waals surface area (Å²) in [6, 6.07) is -0.378. The molecule has 0 aliphatic heterocycles. The first-order valence-corrected chi connectivity index (χ1v) is 6.13. The van der Waals surface area contributed by atoms with Crippen molar-refractivity contribution in [2.75, 3.05) is 6.54 Å². The maximum absolute atomic E-state index is 11.2. The zero-order valence-electron chi connectivity index (χ0n) is 9.96. The minimum absolute atomic E-state index is 0.0285. The van der Waals surface area contributed by atoms with E-state index in [1.54, 1.807) is 6.92 Å². The zero-order chi connectivity index (χ0) is 11.3. The van der Waals surface area contributed by atoms with Crippen LogP contribution in [-0.4, -0.2) is 18.5 Å². The number of hydrogen-bond acceptors (Lipinski definition) is 2. The Hall–Kier alpha value is -0.570. The number of carbonyl (C=O) groups is 1. The first-order chi connectivity index (χ1) is 7.09. The van der Waals surface area contributed by atoms with Crippen molar-refractivity contribution in [1.29, 1.82) is 0 Å². The van der Waals surface area contributed by atoms with Gasteiger partial charge in [0.2, 0.25) is 5.91 Å². The molecule has 0 saturated heterocycles. The summed E-state index contributed by atoms with van der Waals surface area (Å²) < 4.78 is 0. The fraction of sp³-hybridized carbons (Fsp3) is 0.917. The summed E-state index contributed by atoms with van der Waals surface area (Å²) in [6.07, 6.45) is 6.48. The third-order valence-electron chi connectivity index (χ3n) is 3.40. The van der Waals surface area contributed by atoms with Crippen molar-refractivity contribution in [3.63, 3.8) is 0 Å². The van der Waals surface area contributed by atoms with Crippen molar-refractivity contribution in [2.45, 2.75) is 52.0 Å². The van der Waals surface area contributed by atoms with Crippen molar-refractivity contribution in [3.8, 4) is 0 Å². The van der Waals surface area contributed by atoms with Crippen LogP contribution in [0.3, 0.4) is 0 Å². The van der Waals surface area contributed by atoms with Gasteiger partial charge in [-0.15, -0.1) is 0 Å². The highest BCUT2D eigenvalue weighted by atomic mass is 16.2. The highest BCUT2D eigenvalue weighted by Crippen LogP contribution is 2.29. The molecule has 1 aliphatic carbocycles. The van der Waals surface area contributed by atoms with Crippen LogP contribution in [0.15, 0.2) is 0 Å². The summed E-state index contributed by atoms with van der Waals surface area (Å²) in [7, 11) is 0. The van der Waals surface area contributed by atoms with Crippen LogP contribution >= 0.6 is 0 Å². The molecule has 1 atom stereocenters. The maximum Gasteiger partial charge on any atom is 0.236 e. The minimum atomic E-state index is -0.378. The molecule has 0 heterocycles. The van der Waals surface area contributed by atoms with Gasteiger partial charge in [-0.05, 0) is 25.2 Å². The summed E-state index contributed by atoms with van der Waals surface area (Å²) >= 11 is 0. The van der Waals surface area contributed by atoms with E-state index in [1.807, 2.05) is 0 Å². The van der Waals surface area contributed by atoms with Gasteiger partial charge in [0.25, 0.3) is 0 Å². The fourth-order valence-electron chi connectivity index (χ4n) is 2.18. The highest BCUT2D eigenvalue weighted by molar-refractivity contribution is 5.80. The van der Waals surface area contributed by atoms with Crippen LogP contribution in [0, 0.1) is 11.8 Å². The molecule has 1 amide bonds. The first-order valence-electron chi connectivity index (χ1n) is 6.13. The van der Waals surface area contributed by atoms with Gasteiger partial charge >= 0.3 is 0 Å². The molecule has 0 radical (unpaired) electrons. The molecule has 0 aromatic rings. The van der Waals surface area contributed by atoms with Gasteiger partial charge in [-0.2, -0.15) is 0 Å². The topological polar surface area (TPSA) is 55.1 Å². The predicted molar refractivity (Wildman–Crippen MR) is 62.4 cm³/mol. The Balaban J connectivity index is 2.08. The molecule has 0 spiro atoms. The number of amides is 1. The zero-order valence-corrected chi connectivity index (χ0v) is 9.96. The van der Waals surface area contributed by atoms with Crippen molar-refractivity contribution in [1.82, 2.24) is 5.32 Å². The smallest absolute Gasteiger partial charge is 0.236 e.